The van der Waals surface area contributed by atoms with Crippen LogP contribution in [0.4, 0.5) is 0 Å². The molecule has 2 unspecified atom stereocenters. The van der Waals surface area contributed by atoms with Crippen LogP contribution >= 0.6 is 11.8 Å². The van der Waals surface area contributed by atoms with Gasteiger partial charge >= 0.3 is 0 Å². The molecule has 0 amide bonds. The van der Waals surface area contributed by atoms with Gasteiger partial charge in [0.2, 0.25) is 0 Å². The van der Waals surface area contributed by atoms with E-state index < -0.39 is 6.23 Å². The lowest BCUT2D eigenvalue weighted by atomic mass is 9.95. The van der Waals surface area contributed by atoms with Crippen LogP contribution in [-0.2, 0) is 9.53 Å². The first-order valence-electron chi connectivity index (χ1n) is 8.72. The molecule has 0 heterocycles. The second-order valence-electron chi connectivity index (χ2n) is 6.26. The molecule has 0 radical (unpaired) electrons. The number of hydrogen-bond acceptors (Lipinski definition) is 8. The molecule has 0 aliphatic heterocycles. The summed E-state index contributed by atoms with van der Waals surface area (Å²) in [5.41, 5.74) is 0. The first kappa shape index (κ1) is 21.8. The maximum absolute atomic E-state index is 10.2. The van der Waals surface area contributed by atoms with Crippen molar-refractivity contribution >= 4 is 18.0 Å². The average Bonchev–Trinajstić information content (AvgIpc) is 2.57. The third kappa shape index (κ3) is 9.93. The van der Waals surface area contributed by atoms with Gasteiger partial charge in [0.25, 0.3) is 0 Å². The molecule has 24 heavy (non-hydrogen) atoms. The van der Waals surface area contributed by atoms with Gasteiger partial charge in [-0.25, -0.2) is 0 Å². The SMILES string of the molecule is CC(CC(O)N(O)CCC=O)SCNCCOC1CCC(O)CC1. The predicted molar refractivity (Wildman–Crippen MR) is 93.9 cm³/mol. The Balaban J connectivity index is 1.97. The third-order valence-electron chi connectivity index (χ3n) is 4.11. The number of ether oxygens (including phenoxy) is 1. The summed E-state index contributed by atoms with van der Waals surface area (Å²) in [6, 6.07) is 0. The molecule has 4 N–H and O–H groups in total. The largest absolute Gasteiger partial charge is 0.393 e. The molecular formula is C16H32N2O5S. The second kappa shape index (κ2) is 13.0. The van der Waals surface area contributed by atoms with E-state index in [9.17, 15) is 20.2 Å². The van der Waals surface area contributed by atoms with Gasteiger partial charge in [0.15, 0.2) is 0 Å². The van der Waals surface area contributed by atoms with E-state index in [0.29, 0.717) is 13.0 Å². The zero-order chi connectivity index (χ0) is 17.8. The molecule has 1 aliphatic rings. The van der Waals surface area contributed by atoms with E-state index in [1.165, 1.54) is 0 Å². The summed E-state index contributed by atoms with van der Waals surface area (Å²) in [4.78, 5) is 10.2. The molecule has 1 fully saturated rings. The first-order valence-corrected chi connectivity index (χ1v) is 9.77. The molecule has 1 saturated carbocycles. The smallest absolute Gasteiger partial charge is 0.130 e. The third-order valence-corrected chi connectivity index (χ3v) is 5.24. The second-order valence-corrected chi connectivity index (χ2v) is 7.68. The number of carbonyl (C=O) groups excluding carboxylic acids is 1. The van der Waals surface area contributed by atoms with Crippen molar-refractivity contribution in [1.29, 1.82) is 0 Å². The van der Waals surface area contributed by atoms with Gasteiger partial charge in [-0.15, -0.1) is 11.8 Å². The number of hydrogen-bond donors (Lipinski definition) is 4. The van der Waals surface area contributed by atoms with Gasteiger partial charge in [-0.05, 0) is 25.7 Å². The number of aldehydes is 1. The van der Waals surface area contributed by atoms with Gasteiger partial charge in [-0.2, -0.15) is 5.06 Å². The van der Waals surface area contributed by atoms with Gasteiger partial charge < -0.3 is 30.3 Å². The van der Waals surface area contributed by atoms with Crippen molar-refractivity contribution in [3.63, 3.8) is 0 Å². The van der Waals surface area contributed by atoms with Crippen LogP contribution in [0, 0.1) is 0 Å². The molecule has 1 rings (SSSR count). The highest BCUT2D eigenvalue weighted by Gasteiger charge is 2.19. The summed E-state index contributed by atoms with van der Waals surface area (Å²) in [5.74, 6) is 0.750. The minimum atomic E-state index is -0.947. The Hall–Kier alpha value is -0.220. The molecule has 8 heteroatoms. The van der Waals surface area contributed by atoms with Crippen molar-refractivity contribution in [2.75, 3.05) is 25.6 Å². The molecule has 0 saturated heterocycles. The number of rotatable bonds is 13. The Labute approximate surface area is 148 Å². The fraction of sp³-hybridized carbons (Fsp3) is 0.938. The molecule has 0 aromatic rings. The lowest BCUT2D eigenvalue weighted by molar-refractivity contribution is -0.197. The molecule has 2 atom stereocenters. The topological polar surface area (TPSA) is 102 Å². The Kier molecular flexibility index (Phi) is 11.9. The number of aliphatic hydroxyl groups excluding tert-OH is 2. The van der Waals surface area contributed by atoms with E-state index in [1.807, 2.05) is 6.92 Å². The molecular weight excluding hydrogens is 332 g/mol. The minimum Gasteiger partial charge on any atom is -0.393 e. The summed E-state index contributed by atoms with van der Waals surface area (Å²) in [6.07, 6.45) is 4.08. The fourth-order valence-electron chi connectivity index (χ4n) is 2.60. The highest BCUT2D eigenvalue weighted by atomic mass is 32.2. The van der Waals surface area contributed by atoms with Gasteiger partial charge in [-0.3, -0.25) is 0 Å². The van der Waals surface area contributed by atoms with Crippen LogP contribution in [-0.4, -0.2) is 76.0 Å². The Bertz CT molecular complexity index is 330. The summed E-state index contributed by atoms with van der Waals surface area (Å²) < 4.78 is 5.78. The van der Waals surface area contributed by atoms with Crippen molar-refractivity contribution < 1.29 is 25.0 Å². The van der Waals surface area contributed by atoms with Gasteiger partial charge in [0.05, 0.1) is 18.8 Å². The molecule has 0 aromatic heterocycles. The van der Waals surface area contributed by atoms with Crippen LogP contribution in [0.1, 0.15) is 45.4 Å². The monoisotopic (exact) mass is 364 g/mol. The zero-order valence-corrected chi connectivity index (χ0v) is 15.3. The fourth-order valence-corrected chi connectivity index (χ4v) is 3.46. The van der Waals surface area contributed by atoms with E-state index in [4.69, 9.17) is 4.74 Å². The predicted octanol–water partition coefficient (Wildman–Crippen LogP) is 0.964. The van der Waals surface area contributed by atoms with Crippen molar-refractivity contribution in [2.45, 2.75) is 69.1 Å². The number of carbonyl (C=O) groups is 1. The number of nitrogens with one attached hydrogen (secondary N) is 1. The summed E-state index contributed by atoms with van der Waals surface area (Å²) in [7, 11) is 0. The molecule has 0 spiro atoms. The van der Waals surface area contributed by atoms with Gasteiger partial charge in [-0.1, -0.05) is 6.92 Å². The first-order chi connectivity index (χ1) is 11.5. The normalized spacial score (nSPS) is 24.0. The van der Waals surface area contributed by atoms with Gasteiger partial charge in [0, 0.05) is 37.1 Å². The minimum absolute atomic E-state index is 0.149. The van der Waals surface area contributed by atoms with E-state index in [-0.39, 0.29) is 30.4 Å². The number of thioether (sulfide) groups is 1. The van der Waals surface area contributed by atoms with Crippen molar-refractivity contribution in [3.05, 3.63) is 0 Å². The number of hydroxylamine groups is 2. The van der Waals surface area contributed by atoms with Crippen molar-refractivity contribution in [2.24, 2.45) is 0 Å². The van der Waals surface area contributed by atoms with Crippen LogP contribution in [0.25, 0.3) is 0 Å². The highest BCUT2D eigenvalue weighted by Crippen LogP contribution is 2.20. The number of nitrogens with zero attached hydrogens (tertiary/aromatic N) is 1. The average molecular weight is 365 g/mol. The summed E-state index contributed by atoms with van der Waals surface area (Å²) >= 11 is 1.67. The molecule has 1 aliphatic carbocycles. The van der Waals surface area contributed by atoms with Crippen molar-refractivity contribution in [3.8, 4) is 0 Å². The summed E-state index contributed by atoms with van der Waals surface area (Å²) in [6.45, 7) is 3.57. The standard InChI is InChI=1S/C16H32N2O5S/c1-13(11-16(21)18(22)8-2-9-19)24-12-17-7-10-23-15-5-3-14(20)4-6-15/h9,13-17,20-22H,2-8,10-12H2,1H3. The lowest BCUT2D eigenvalue weighted by Crippen LogP contribution is -2.35. The van der Waals surface area contributed by atoms with E-state index in [1.54, 1.807) is 11.8 Å². The summed E-state index contributed by atoms with van der Waals surface area (Å²) in [5, 5.41) is 33.1. The Morgan fingerprint density at radius 2 is 2.08 bits per heavy atom. The molecule has 0 bridgehead atoms. The zero-order valence-electron chi connectivity index (χ0n) is 14.5. The van der Waals surface area contributed by atoms with Crippen LogP contribution in [0.2, 0.25) is 0 Å². The molecule has 142 valence electrons. The van der Waals surface area contributed by atoms with Crippen LogP contribution in [0.15, 0.2) is 0 Å². The maximum Gasteiger partial charge on any atom is 0.130 e. The highest BCUT2D eigenvalue weighted by molar-refractivity contribution is 7.99. The van der Waals surface area contributed by atoms with Crippen LogP contribution in [0.3, 0.4) is 0 Å². The van der Waals surface area contributed by atoms with E-state index >= 15 is 0 Å². The van der Waals surface area contributed by atoms with Crippen LogP contribution in [0.5, 0.6) is 0 Å². The quantitative estimate of drug-likeness (QED) is 0.166. The lowest BCUT2D eigenvalue weighted by Gasteiger charge is -2.25. The molecule has 7 nitrogen and oxygen atoms in total. The maximum atomic E-state index is 10.2. The van der Waals surface area contributed by atoms with Gasteiger partial charge in [0.1, 0.15) is 12.5 Å². The van der Waals surface area contributed by atoms with Crippen molar-refractivity contribution in [1.82, 2.24) is 10.4 Å². The Morgan fingerprint density at radius 1 is 1.38 bits per heavy atom. The Morgan fingerprint density at radius 3 is 2.75 bits per heavy atom. The van der Waals surface area contributed by atoms with E-state index in [0.717, 1.165) is 49.5 Å². The number of aliphatic hydroxyl groups is 2. The van der Waals surface area contributed by atoms with E-state index in [2.05, 4.69) is 5.32 Å². The molecule has 0 aromatic carbocycles. The van der Waals surface area contributed by atoms with Crippen LogP contribution < -0.4 is 5.32 Å².